The van der Waals surface area contributed by atoms with Gasteiger partial charge in [-0.2, -0.15) is 0 Å². The molecule has 0 bridgehead atoms. The average Bonchev–Trinajstić information content (AvgIpc) is 2.42. The molecule has 0 fully saturated rings. The van der Waals surface area contributed by atoms with Crippen LogP contribution in [-0.2, 0) is 6.42 Å². The fourth-order valence-corrected chi connectivity index (χ4v) is 2.34. The molecule has 2 heteroatoms. The SMILES string of the molecule is COc1cccc(CC(N)c2cccc(C)c2C)c1. The molecule has 2 rings (SSSR count). The van der Waals surface area contributed by atoms with Crippen LogP contribution in [0.2, 0.25) is 0 Å². The quantitative estimate of drug-likeness (QED) is 0.906. The summed E-state index contributed by atoms with van der Waals surface area (Å²) in [6, 6.07) is 14.4. The fraction of sp³-hybridized carbons (Fsp3) is 0.294. The number of ether oxygens (including phenoxy) is 1. The molecule has 0 amide bonds. The first-order valence-corrected chi connectivity index (χ1v) is 6.56. The Bertz CT molecular complexity index is 563. The van der Waals surface area contributed by atoms with E-state index >= 15 is 0 Å². The van der Waals surface area contributed by atoms with Crippen LogP contribution in [0, 0.1) is 13.8 Å². The first-order valence-electron chi connectivity index (χ1n) is 6.56. The van der Waals surface area contributed by atoms with Crippen LogP contribution in [0.4, 0.5) is 0 Å². The van der Waals surface area contributed by atoms with Gasteiger partial charge in [0.2, 0.25) is 0 Å². The minimum atomic E-state index is 0.0204. The van der Waals surface area contributed by atoms with Crippen LogP contribution in [0.5, 0.6) is 5.75 Å². The summed E-state index contributed by atoms with van der Waals surface area (Å²) in [7, 11) is 1.68. The zero-order valence-electron chi connectivity index (χ0n) is 11.8. The normalized spacial score (nSPS) is 12.2. The van der Waals surface area contributed by atoms with Crippen LogP contribution in [0.15, 0.2) is 42.5 Å². The van der Waals surface area contributed by atoms with E-state index < -0.39 is 0 Å². The summed E-state index contributed by atoms with van der Waals surface area (Å²) < 4.78 is 5.24. The largest absolute Gasteiger partial charge is 0.497 e. The topological polar surface area (TPSA) is 35.2 Å². The van der Waals surface area contributed by atoms with Gasteiger partial charge in [0.05, 0.1) is 7.11 Å². The Hall–Kier alpha value is -1.80. The molecular weight excluding hydrogens is 234 g/mol. The molecule has 1 unspecified atom stereocenters. The van der Waals surface area contributed by atoms with Crippen LogP contribution in [0.1, 0.15) is 28.3 Å². The molecule has 0 aliphatic rings. The molecule has 0 saturated carbocycles. The van der Waals surface area contributed by atoms with Crippen molar-refractivity contribution in [2.45, 2.75) is 26.3 Å². The standard InChI is InChI=1S/C17H21NO/c1-12-6-4-9-16(13(12)2)17(18)11-14-7-5-8-15(10-14)19-3/h4-10,17H,11,18H2,1-3H3. The summed E-state index contributed by atoms with van der Waals surface area (Å²) >= 11 is 0. The molecule has 0 aromatic heterocycles. The molecule has 0 saturated heterocycles. The van der Waals surface area contributed by atoms with Gasteiger partial charge in [-0.25, -0.2) is 0 Å². The van der Waals surface area contributed by atoms with E-state index in [2.05, 4.69) is 38.1 Å². The van der Waals surface area contributed by atoms with Gasteiger partial charge in [0.1, 0.15) is 5.75 Å². The lowest BCUT2D eigenvalue weighted by atomic mass is 9.94. The third-order valence-electron chi connectivity index (χ3n) is 3.64. The van der Waals surface area contributed by atoms with Crippen molar-refractivity contribution >= 4 is 0 Å². The van der Waals surface area contributed by atoms with E-state index in [0.29, 0.717) is 0 Å². The molecule has 2 aromatic rings. The highest BCUT2D eigenvalue weighted by Gasteiger charge is 2.11. The van der Waals surface area contributed by atoms with Crippen LogP contribution in [0.25, 0.3) is 0 Å². The van der Waals surface area contributed by atoms with E-state index in [1.54, 1.807) is 7.11 Å². The maximum absolute atomic E-state index is 6.35. The Labute approximate surface area is 115 Å². The molecular formula is C17H21NO. The van der Waals surface area contributed by atoms with Crippen molar-refractivity contribution in [1.29, 1.82) is 0 Å². The second-order valence-corrected chi connectivity index (χ2v) is 4.95. The minimum Gasteiger partial charge on any atom is -0.497 e. The van der Waals surface area contributed by atoms with E-state index in [1.165, 1.54) is 22.3 Å². The highest BCUT2D eigenvalue weighted by Crippen LogP contribution is 2.23. The number of hydrogen-bond donors (Lipinski definition) is 1. The smallest absolute Gasteiger partial charge is 0.119 e. The van der Waals surface area contributed by atoms with Gasteiger partial charge >= 0.3 is 0 Å². The molecule has 19 heavy (non-hydrogen) atoms. The van der Waals surface area contributed by atoms with Crippen molar-refractivity contribution in [3.05, 3.63) is 64.7 Å². The van der Waals surface area contributed by atoms with Gasteiger partial charge in [0.25, 0.3) is 0 Å². The van der Waals surface area contributed by atoms with Gasteiger partial charge in [-0.3, -0.25) is 0 Å². The third-order valence-corrected chi connectivity index (χ3v) is 3.64. The number of methoxy groups -OCH3 is 1. The number of rotatable bonds is 4. The van der Waals surface area contributed by atoms with Crippen LogP contribution >= 0.6 is 0 Å². The fourth-order valence-electron chi connectivity index (χ4n) is 2.34. The molecule has 0 heterocycles. The lowest BCUT2D eigenvalue weighted by Crippen LogP contribution is -2.15. The van der Waals surface area contributed by atoms with Crippen molar-refractivity contribution in [2.75, 3.05) is 7.11 Å². The summed E-state index contributed by atoms with van der Waals surface area (Å²) in [6.07, 6.45) is 0.821. The van der Waals surface area contributed by atoms with Crippen molar-refractivity contribution in [1.82, 2.24) is 0 Å². The molecule has 100 valence electrons. The molecule has 1 atom stereocenters. The Kier molecular flexibility index (Phi) is 4.23. The molecule has 0 aliphatic heterocycles. The van der Waals surface area contributed by atoms with Gasteiger partial charge in [-0.1, -0.05) is 30.3 Å². The molecule has 0 aliphatic carbocycles. The van der Waals surface area contributed by atoms with E-state index in [-0.39, 0.29) is 6.04 Å². The Morgan fingerprint density at radius 2 is 1.84 bits per heavy atom. The maximum Gasteiger partial charge on any atom is 0.119 e. The van der Waals surface area contributed by atoms with Gasteiger partial charge < -0.3 is 10.5 Å². The number of nitrogens with two attached hydrogens (primary N) is 1. The summed E-state index contributed by atoms with van der Waals surface area (Å²) in [6.45, 7) is 4.26. The highest BCUT2D eigenvalue weighted by atomic mass is 16.5. The van der Waals surface area contributed by atoms with Crippen molar-refractivity contribution in [2.24, 2.45) is 5.73 Å². The zero-order valence-corrected chi connectivity index (χ0v) is 11.8. The summed E-state index contributed by atoms with van der Waals surface area (Å²) in [4.78, 5) is 0. The molecule has 2 nitrogen and oxygen atoms in total. The second kappa shape index (κ2) is 5.89. The maximum atomic E-state index is 6.35. The van der Waals surface area contributed by atoms with Gasteiger partial charge in [-0.15, -0.1) is 0 Å². The Morgan fingerprint density at radius 1 is 1.11 bits per heavy atom. The van der Waals surface area contributed by atoms with Crippen molar-refractivity contribution < 1.29 is 4.74 Å². The third kappa shape index (κ3) is 3.15. The zero-order chi connectivity index (χ0) is 13.8. The molecule has 2 aromatic carbocycles. The summed E-state index contributed by atoms with van der Waals surface area (Å²) in [5.74, 6) is 0.880. The molecule has 2 N–H and O–H groups in total. The van der Waals surface area contributed by atoms with Gasteiger partial charge in [-0.05, 0) is 54.7 Å². The van der Waals surface area contributed by atoms with Crippen LogP contribution < -0.4 is 10.5 Å². The van der Waals surface area contributed by atoms with Gasteiger partial charge in [0.15, 0.2) is 0 Å². The Balaban J connectivity index is 2.20. The lowest BCUT2D eigenvalue weighted by Gasteiger charge is -2.16. The predicted octanol–water partition coefficient (Wildman–Crippen LogP) is 3.55. The predicted molar refractivity (Wildman–Crippen MR) is 79.5 cm³/mol. The van der Waals surface area contributed by atoms with Crippen molar-refractivity contribution in [3.8, 4) is 5.75 Å². The van der Waals surface area contributed by atoms with E-state index in [9.17, 15) is 0 Å². The monoisotopic (exact) mass is 255 g/mol. The highest BCUT2D eigenvalue weighted by molar-refractivity contribution is 5.37. The van der Waals surface area contributed by atoms with Crippen LogP contribution in [0.3, 0.4) is 0 Å². The average molecular weight is 255 g/mol. The number of hydrogen-bond acceptors (Lipinski definition) is 2. The number of benzene rings is 2. The van der Waals surface area contributed by atoms with E-state index in [4.69, 9.17) is 10.5 Å². The van der Waals surface area contributed by atoms with Crippen molar-refractivity contribution in [3.63, 3.8) is 0 Å². The first-order chi connectivity index (χ1) is 9.11. The Morgan fingerprint density at radius 3 is 2.58 bits per heavy atom. The first kappa shape index (κ1) is 13.6. The molecule has 0 radical (unpaired) electrons. The van der Waals surface area contributed by atoms with E-state index in [0.717, 1.165) is 12.2 Å². The van der Waals surface area contributed by atoms with Gasteiger partial charge in [0, 0.05) is 6.04 Å². The second-order valence-electron chi connectivity index (χ2n) is 4.95. The lowest BCUT2D eigenvalue weighted by molar-refractivity contribution is 0.414. The summed E-state index contributed by atoms with van der Waals surface area (Å²) in [5, 5.41) is 0. The van der Waals surface area contributed by atoms with E-state index in [1.807, 2.05) is 18.2 Å². The number of aryl methyl sites for hydroxylation is 1. The van der Waals surface area contributed by atoms with Crippen LogP contribution in [-0.4, -0.2) is 7.11 Å². The minimum absolute atomic E-state index is 0.0204. The molecule has 0 spiro atoms. The summed E-state index contributed by atoms with van der Waals surface area (Å²) in [5.41, 5.74) is 11.4.